The summed E-state index contributed by atoms with van der Waals surface area (Å²) in [4.78, 5) is 4.59. The van der Waals surface area contributed by atoms with Gasteiger partial charge in [-0.2, -0.15) is 5.48 Å². The van der Waals surface area contributed by atoms with Crippen LogP contribution in [0.2, 0.25) is 0 Å². The van der Waals surface area contributed by atoms with Crippen molar-refractivity contribution in [1.82, 2.24) is 5.48 Å². The third-order valence-electron chi connectivity index (χ3n) is 1.29. The smallest absolute Gasteiger partial charge is 0.0446 e. The fourth-order valence-electron chi connectivity index (χ4n) is 0.624. The van der Waals surface area contributed by atoms with Gasteiger partial charge in [-0.15, -0.1) is 9.32 Å². The summed E-state index contributed by atoms with van der Waals surface area (Å²) in [5.74, 6) is 0. The molecule has 2 N–H and O–H groups in total. The maximum atomic E-state index is 8.58. The highest BCUT2D eigenvalue weighted by Crippen LogP contribution is 1.99. The van der Waals surface area contributed by atoms with E-state index in [9.17, 15) is 0 Å². The molecule has 0 aromatic heterocycles. The van der Waals surface area contributed by atoms with Gasteiger partial charge < -0.3 is 5.11 Å². The lowest BCUT2D eigenvalue weighted by molar-refractivity contribution is -0.254. The van der Waals surface area contributed by atoms with Gasteiger partial charge in [-0.1, -0.05) is 6.92 Å². The van der Waals surface area contributed by atoms with Gasteiger partial charge in [-0.3, -0.25) is 0 Å². The fourth-order valence-corrected chi connectivity index (χ4v) is 0.731. The molecule has 1 unspecified atom stereocenters. The van der Waals surface area contributed by atoms with Crippen LogP contribution in [0.4, 0.5) is 0 Å². The number of hydrogen-bond donors (Lipinski definition) is 2. The normalized spacial score (nSPS) is 13.4. The van der Waals surface area contributed by atoms with Crippen molar-refractivity contribution in [2.45, 2.75) is 25.8 Å². The second kappa shape index (κ2) is 8.29. The molecule has 0 aromatic rings. The Morgan fingerprint density at radius 3 is 2.82 bits per heavy atom. The molecule has 0 aliphatic heterocycles. The van der Waals surface area contributed by atoms with Crippen molar-refractivity contribution in [3.63, 3.8) is 0 Å². The molecule has 0 aromatic carbocycles. The summed E-state index contributed by atoms with van der Waals surface area (Å²) in [6, 6.07) is 0.159. The molecule has 11 heavy (non-hydrogen) atoms. The molecule has 0 radical (unpaired) electrons. The van der Waals surface area contributed by atoms with Gasteiger partial charge in [0.25, 0.3) is 0 Å². The van der Waals surface area contributed by atoms with Crippen molar-refractivity contribution in [3.8, 4) is 0 Å². The monoisotopic (exact) mass is 181 g/mol. The zero-order chi connectivity index (χ0) is 8.53. The molecule has 0 spiro atoms. The minimum absolute atomic E-state index is 0.159. The van der Waals surface area contributed by atoms with Gasteiger partial charge in [0.2, 0.25) is 0 Å². The maximum Gasteiger partial charge on any atom is 0.0446 e. The van der Waals surface area contributed by atoms with Crippen molar-refractivity contribution >= 4 is 12.0 Å². The lowest BCUT2D eigenvalue weighted by atomic mass is 10.2. The van der Waals surface area contributed by atoms with E-state index >= 15 is 0 Å². The van der Waals surface area contributed by atoms with E-state index in [4.69, 9.17) is 5.11 Å². The first-order valence-electron chi connectivity index (χ1n) is 3.57. The standard InChI is InChI=1S/C6H15NO3S/c1-3-6(4-5-8)7-9-10-11-2/h6-8H,3-5H2,1-2H3. The summed E-state index contributed by atoms with van der Waals surface area (Å²) in [7, 11) is 0. The molecule has 0 aliphatic rings. The molecule has 4 nitrogen and oxygen atoms in total. The van der Waals surface area contributed by atoms with Gasteiger partial charge in [0.1, 0.15) is 0 Å². The zero-order valence-electron chi connectivity index (χ0n) is 6.87. The van der Waals surface area contributed by atoms with E-state index in [0.29, 0.717) is 6.42 Å². The van der Waals surface area contributed by atoms with E-state index < -0.39 is 0 Å². The Kier molecular flexibility index (Phi) is 8.43. The molecule has 0 rings (SSSR count). The van der Waals surface area contributed by atoms with Crippen LogP contribution in [-0.4, -0.2) is 24.0 Å². The Hall–Kier alpha value is 0.190. The van der Waals surface area contributed by atoms with E-state index in [1.54, 1.807) is 6.26 Å². The van der Waals surface area contributed by atoms with Crippen molar-refractivity contribution in [3.05, 3.63) is 0 Å². The van der Waals surface area contributed by atoms with E-state index in [0.717, 1.165) is 18.5 Å². The van der Waals surface area contributed by atoms with Crippen LogP contribution in [0.5, 0.6) is 0 Å². The first-order valence-corrected chi connectivity index (χ1v) is 4.72. The van der Waals surface area contributed by atoms with Gasteiger partial charge in [0, 0.05) is 30.9 Å². The first kappa shape index (κ1) is 11.2. The minimum Gasteiger partial charge on any atom is -0.396 e. The van der Waals surface area contributed by atoms with Crippen LogP contribution in [0.25, 0.3) is 0 Å². The van der Waals surface area contributed by atoms with Crippen LogP contribution < -0.4 is 5.48 Å². The molecule has 1 atom stereocenters. The lowest BCUT2D eigenvalue weighted by Crippen LogP contribution is -2.28. The van der Waals surface area contributed by atoms with Gasteiger partial charge >= 0.3 is 0 Å². The molecule has 0 heterocycles. The SMILES string of the molecule is CCC(CCO)NOOSC. The molecule has 0 bridgehead atoms. The fraction of sp³-hybridized carbons (Fsp3) is 1.00. The van der Waals surface area contributed by atoms with Crippen molar-refractivity contribution in [2.24, 2.45) is 0 Å². The second-order valence-corrected chi connectivity index (χ2v) is 2.52. The maximum absolute atomic E-state index is 8.58. The molecular weight excluding hydrogens is 166 g/mol. The Balaban J connectivity index is 3.20. The number of hydrogen-bond acceptors (Lipinski definition) is 5. The topological polar surface area (TPSA) is 50.7 Å². The van der Waals surface area contributed by atoms with E-state index in [-0.39, 0.29) is 12.6 Å². The highest BCUT2D eigenvalue weighted by atomic mass is 32.2. The van der Waals surface area contributed by atoms with Crippen LogP contribution in [0.15, 0.2) is 0 Å². The van der Waals surface area contributed by atoms with E-state index in [1.807, 2.05) is 6.92 Å². The van der Waals surface area contributed by atoms with Crippen molar-refractivity contribution in [1.29, 1.82) is 0 Å². The van der Waals surface area contributed by atoms with Gasteiger partial charge in [0.15, 0.2) is 0 Å². The average Bonchev–Trinajstić information content (AvgIpc) is 2.03. The molecule has 68 valence electrons. The molecule has 0 saturated carbocycles. The highest BCUT2D eigenvalue weighted by molar-refractivity contribution is 7.93. The molecule has 5 heteroatoms. The molecule has 0 amide bonds. The Bertz CT molecular complexity index is 84.2. The summed E-state index contributed by atoms with van der Waals surface area (Å²) in [6.45, 7) is 2.17. The number of aliphatic hydroxyl groups excluding tert-OH is 1. The van der Waals surface area contributed by atoms with Crippen molar-refractivity contribution in [2.75, 3.05) is 12.9 Å². The minimum atomic E-state index is 0.159. The quantitative estimate of drug-likeness (QED) is 0.264. The molecule has 0 fully saturated rings. The summed E-state index contributed by atoms with van der Waals surface area (Å²) in [5.41, 5.74) is 2.67. The molecule has 0 saturated heterocycles. The third-order valence-corrected chi connectivity index (χ3v) is 1.49. The second-order valence-electron chi connectivity index (χ2n) is 2.05. The Morgan fingerprint density at radius 1 is 1.64 bits per heavy atom. The summed E-state index contributed by atoms with van der Waals surface area (Å²) in [5, 5.41) is 8.58. The highest BCUT2D eigenvalue weighted by Gasteiger charge is 2.04. The number of hydroxylamine groups is 1. The van der Waals surface area contributed by atoms with Crippen molar-refractivity contribution < 1.29 is 14.4 Å². The largest absolute Gasteiger partial charge is 0.396 e. The summed E-state index contributed by atoms with van der Waals surface area (Å²) in [6.07, 6.45) is 3.33. The Morgan fingerprint density at radius 2 is 2.36 bits per heavy atom. The van der Waals surface area contributed by atoms with Crippen LogP contribution >= 0.6 is 12.0 Å². The molecule has 0 aliphatic carbocycles. The number of nitrogens with one attached hydrogen (secondary N) is 1. The third kappa shape index (κ3) is 6.58. The van der Waals surface area contributed by atoms with Crippen LogP contribution in [0.1, 0.15) is 19.8 Å². The Labute approximate surface area is 71.4 Å². The lowest BCUT2D eigenvalue weighted by Gasteiger charge is -2.12. The van der Waals surface area contributed by atoms with Crippen LogP contribution in [0, 0.1) is 0 Å². The first-order chi connectivity index (χ1) is 5.35. The number of aliphatic hydroxyl groups is 1. The molecular formula is C6H15NO3S. The van der Waals surface area contributed by atoms with Crippen LogP contribution in [0.3, 0.4) is 0 Å². The number of rotatable bonds is 7. The summed E-state index contributed by atoms with van der Waals surface area (Å²) < 4.78 is 4.54. The average molecular weight is 181 g/mol. The van der Waals surface area contributed by atoms with Crippen LogP contribution in [-0.2, 0) is 9.32 Å². The zero-order valence-corrected chi connectivity index (χ0v) is 7.69. The summed E-state index contributed by atoms with van der Waals surface area (Å²) >= 11 is 1.12. The van der Waals surface area contributed by atoms with E-state index in [2.05, 4.69) is 14.8 Å². The van der Waals surface area contributed by atoms with Gasteiger partial charge in [-0.25, -0.2) is 0 Å². The van der Waals surface area contributed by atoms with E-state index in [1.165, 1.54) is 0 Å². The van der Waals surface area contributed by atoms with Gasteiger partial charge in [0.05, 0.1) is 0 Å². The van der Waals surface area contributed by atoms with Gasteiger partial charge in [-0.05, 0) is 12.8 Å². The predicted octanol–water partition coefficient (Wildman–Crippen LogP) is 0.878. The predicted molar refractivity (Wildman–Crippen MR) is 44.6 cm³/mol.